The molecule has 0 spiro atoms. The summed E-state index contributed by atoms with van der Waals surface area (Å²) >= 11 is 12.5. The number of benzene rings is 1. The van der Waals surface area contributed by atoms with Crippen LogP contribution in [0.25, 0.3) is 11.3 Å². The molecule has 30 heavy (non-hydrogen) atoms. The summed E-state index contributed by atoms with van der Waals surface area (Å²) in [6, 6.07) is 9.60. The fraction of sp³-hybridized carbons (Fsp3) is 0.391. The zero-order valence-corrected chi connectivity index (χ0v) is 18.4. The second-order valence-electron chi connectivity index (χ2n) is 7.94. The van der Waals surface area contributed by atoms with E-state index in [0.717, 1.165) is 17.7 Å². The second-order valence-corrected chi connectivity index (χ2v) is 8.79. The Hall–Kier alpha value is -2.42. The molecule has 0 saturated heterocycles. The minimum absolute atomic E-state index is 0.0724. The molecule has 7 heteroatoms. The van der Waals surface area contributed by atoms with Crippen LogP contribution in [0.3, 0.4) is 0 Å². The Morgan fingerprint density at radius 2 is 2.00 bits per heavy atom. The van der Waals surface area contributed by atoms with E-state index < -0.39 is 0 Å². The normalized spacial score (nSPS) is 15.7. The highest BCUT2D eigenvalue weighted by Crippen LogP contribution is 2.38. The molecule has 3 aromatic rings. The zero-order valence-electron chi connectivity index (χ0n) is 16.9. The van der Waals surface area contributed by atoms with Crippen LogP contribution in [0.4, 0.5) is 0 Å². The van der Waals surface area contributed by atoms with Crippen LogP contribution in [0.15, 0.2) is 36.9 Å². The van der Waals surface area contributed by atoms with Gasteiger partial charge in [-0.25, -0.2) is 9.67 Å². The predicted molar refractivity (Wildman–Crippen MR) is 118 cm³/mol. The van der Waals surface area contributed by atoms with Crippen LogP contribution in [0.2, 0.25) is 10.0 Å². The summed E-state index contributed by atoms with van der Waals surface area (Å²) in [5.41, 5.74) is 3.57. The molecule has 1 saturated carbocycles. The van der Waals surface area contributed by atoms with Crippen molar-refractivity contribution in [3.05, 3.63) is 63.8 Å². The molecular weight excluding hydrogens is 417 g/mol. The number of nitrogens with zero attached hydrogens (tertiary/aromatic N) is 5. The molecule has 4 rings (SSSR count). The van der Waals surface area contributed by atoms with Crippen LogP contribution in [-0.4, -0.2) is 19.7 Å². The van der Waals surface area contributed by atoms with Crippen molar-refractivity contribution in [1.29, 1.82) is 5.26 Å². The number of pyridine rings is 1. The van der Waals surface area contributed by atoms with Gasteiger partial charge in [-0.1, -0.05) is 55.3 Å². The number of halogens is 2. The van der Waals surface area contributed by atoms with Gasteiger partial charge in [-0.3, -0.25) is 4.98 Å². The summed E-state index contributed by atoms with van der Waals surface area (Å²) in [5, 5.41) is 15.6. The largest absolute Gasteiger partial charge is 0.252 e. The molecule has 0 aliphatic heterocycles. The van der Waals surface area contributed by atoms with E-state index in [9.17, 15) is 5.26 Å². The lowest BCUT2D eigenvalue weighted by Gasteiger charge is -2.28. The van der Waals surface area contributed by atoms with Gasteiger partial charge in [-0.15, -0.1) is 0 Å². The second kappa shape index (κ2) is 9.16. The molecule has 0 radical (unpaired) electrons. The number of hydrogen-bond donors (Lipinski definition) is 0. The first-order chi connectivity index (χ1) is 14.6. The first-order valence-electron chi connectivity index (χ1n) is 10.3. The Labute approximate surface area is 186 Å². The number of aryl methyl sites for hydroxylation is 1. The number of hydrogen-bond acceptors (Lipinski definition) is 4. The van der Waals surface area contributed by atoms with Gasteiger partial charge in [0.2, 0.25) is 0 Å². The van der Waals surface area contributed by atoms with Crippen LogP contribution in [0, 0.1) is 24.2 Å². The highest BCUT2D eigenvalue weighted by Gasteiger charge is 2.27. The van der Waals surface area contributed by atoms with Gasteiger partial charge in [-0.2, -0.15) is 10.4 Å². The van der Waals surface area contributed by atoms with E-state index in [2.05, 4.69) is 21.1 Å². The molecule has 1 aromatic carbocycles. The number of nitriles is 1. The summed E-state index contributed by atoms with van der Waals surface area (Å²) < 4.78 is 1.87. The van der Waals surface area contributed by atoms with Crippen molar-refractivity contribution in [3.8, 4) is 17.3 Å². The molecule has 5 nitrogen and oxygen atoms in total. The van der Waals surface area contributed by atoms with E-state index in [1.807, 2.05) is 23.7 Å². The molecule has 1 unspecified atom stereocenters. The van der Waals surface area contributed by atoms with Gasteiger partial charge in [0, 0.05) is 16.3 Å². The van der Waals surface area contributed by atoms with E-state index in [1.54, 1.807) is 24.8 Å². The van der Waals surface area contributed by atoms with E-state index >= 15 is 0 Å². The lowest BCUT2D eigenvalue weighted by Crippen LogP contribution is -2.19. The molecule has 2 aromatic heterocycles. The Morgan fingerprint density at radius 3 is 2.67 bits per heavy atom. The third-order valence-electron chi connectivity index (χ3n) is 5.87. The van der Waals surface area contributed by atoms with Gasteiger partial charge in [0.15, 0.2) is 0 Å². The maximum Gasteiger partial charge on any atom is 0.137 e. The van der Waals surface area contributed by atoms with Crippen molar-refractivity contribution in [2.24, 2.45) is 5.92 Å². The maximum atomic E-state index is 10.1. The average Bonchev–Trinajstić information content (AvgIpc) is 3.27. The van der Waals surface area contributed by atoms with Crippen LogP contribution < -0.4 is 0 Å². The van der Waals surface area contributed by atoms with Crippen LogP contribution in [0.1, 0.15) is 61.4 Å². The van der Waals surface area contributed by atoms with Crippen molar-refractivity contribution in [3.63, 3.8) is 0 Å². The summed E-state index contributed by atoms with van der Waals surface area (Å²) in [7, 11) is 0. The molecule has 1 atom stereocenters. The molecule has 2 heterocycles. The SMILES string of the molecule is Cc1cc(C(CC2CCCCC2)n2cncn2)c(C#N)c(-c2ccc(Cl)cc2Cl)n1. The third-order valence-corrected chi connectivity index (χ3v) is 6.42. The molecule has 0 bridgehead atoms. The fourth-order valence-corrected chi connectivity index (χ4v) is 4.95. The third kappa shape index (κ3) is 4.35. The maximum absolute atomic E-state index is 10.1. The molecule has 1 aliphatic rings. The van der Waals surface area contributed by atoms with Crippen molar-refractivity contribution in [2.75, 3.05) is 0 Å². The Balaban J connectivity index is 1.84. The van der Waals surface area contributed by atoms with Gasteiger partial charge in [-0.05, 0) is 49.1 Å². The van der Waals surface area contributed by atoms with Gasteiger partial charge >= 0.3 is 0 Å². The summed E-state index contributed by atoms with van der Waals surface area (Å²) in [4.78, 5) is 8.84. The fourth-order valence-electron chi connectivity index (χ4n) is 4.45. The van der Waals surface area contributed by atoms with Crippen LogP contribution >= 0.6 is 23.2 Å². The molecule has 154 valence electrons. The first kappa shape index (κ1) is 20.8. The summed E-state index contributed by atoms with van der Waals surface area (Å²) in [6.07, 6.45) is 10.5. The van der Waals surface area contributed by atoms with Gasteiger partial charge in [0.1, 0.15) is 18.7 Å². The van der Waals surface area contributed by atoms with E-state index in [4.69, 9.17) is 23.2 Å². The molecule has 0 N–H and O–H groups in total. The Bertz CT molecular complexity index is 1070. The first-order valence-corrected chi connectivity index (χ1v) is 11.0. The lowest BCUT2D eigenvalue weighted by molar-refractivity contribution is 0.296. The Kier molecular flexibility index (Phi) is 6.36. The minimum atomic E-state index is -0.0724. The lowest BCUT2D eigenvalue weighted by atomic mass is 9.82. The van der Waals surface area contributed by atoms with Gasteiger partial charge < -0.3 is 0 Å². The topological polar surface area (TPSA) is 67.4 Å². The highest BCUT2D eigenvalue weighted by atomic mass is 35.5. The van der Waals surface area contributed by atoms with Crippen LogP contribution in [-0.2, 0) is 0 Å². The minimum Gasteiger partial charge on any atom is -0.252 e. The van der Waals surface area contributed by atoms with Crippen molar-refractivity contribution >= 4 is 23.2 Å². The van der Waals surface area contributed by atoms with Crippen LogP contribution in [0.5, 0.6) is 0 Å². The van der Waals surface area contributed by atoms with E-state index in [-0.39, 0.29) is 6.04 Å². The summed E-state index contributed by atoms with van der Waals surface area (Å²) in [5.74, 6) is 0.607. The van der Waals surface area contributed by atoms with Crippen molar-refractivity contribution in [2.45, 2.75) is 51.5 Å². The number of aromatic nitrogens is 4. The summed E-state index contributed by atoms with van der Waals surface area (Å²) in [6.45, 7) is 1.94. The molecule has 1 fully saturated rings. The monoisotopic (exact) mass is 439 g/mol. The predicted octanol–water partition coefficient (Wildman–Crippen LogP) is 6.39. The average molecular weight is 440 g/mol. The standard InChI is InChI=1S/C23H23Cl2N5/c1-15-9-19(20(12-26)23(29-15)18-8-7-17(24)11-21(18)25)22(30-14-27-13-28-30)10-16-5-3-2-4-6-16/h7-9,11,13-14,16,22H,2-6,10H2,1H3. The highest BCUT2D eigenvalue weighted by molar-refractivity contribution is 6.36. The molecule has 0 amide bonds. The van der Waals surface area contributed by atoms with E-state index in [0.29, 0.717) is 32.8 Å². The zero-order chi connectivity index (χ0) is 21.1. The smallest absolute Gasteiger partial charge is 0.137 e. The number of rotatable bonds is 5. The molecule has 1 aliphatic carbocycles. The van der Waals surface area contributed by atoms with Gasteiger partial charge in [0.05, 0.1) is 22.3 Å². The van der Waals surface area contributed by atoms with Crippen molar-refractivity contribution in [1.82, 2.24) is 19.7 Å². The Morgan fingerprint density at radius 1 is 1.20 bits per heavy atom. The van der Waals surface area contributed by atoms with Crippen molar-refractivity contribution < 1.29 is 0 Å². The van der Waals surface area contributed by atoms with Gasteiger partial charge in [0.25, 0.3) is 0 Å². The quantitative estimate of drug-likeness (QED) is 0.461. The molecular formula is C23H23Cl2N5. The van der Waals surface area contributed by atoms with E-state index in [1.165, 1.54) is 32.1 Å².